The van der Waals surface area contributed by atoms with Gasteiger partial charge in [0.25, 0.3) is 0 Å². The molecule has 3 aromatic carbocycles. The van der Waals surface area contributed by atoms with Gasteiger partial charge < -0.3 is 15.3 Å². The van der Waals surface area contributed by atoms with Gasteiger partial charge in [0.2, 0.25) is 11.8 Å². The smallest absolute Gasteiger partial charge is 0.335 e. The Hall–Kier alpha value is -3.67. The van der Waals surface area contributed by atoms with Crippen molar-refractivity contribution in [2.75, 3.05) is 16.8 Å². The van der Waals surface area contributed by atoms with Crippen LogP contribution in [0, 0.1) is 5.92 Å². The number of hydrogen-bond donors (Lipinski definition) is 2. The van der Waals surface area contributed by atoms with E-state index in [-0.39, 0.29) is 30.3 Å². The first kappa shape index (κ1) is 17.7. The molecule has 1 saturated heterocycles. The number of aromatic carboxylic acids is 1. The molecule has 3 aromatic rings. The van der Waals surface area contributed by atoms with Crippen molar-refractivity contribution in [2.24, 2.45) is 5.92 Å². The molecule has 0 unspecified atom stereocenters. The van der Waals surface area contributed by atoms with Crippen LogP contribution in [0.2, 0.25) is 0 Å². The van der Waals surface area contributed by atoms with Gasteiger partial charge in [-0.15, -0.1) is 0 Å². The number of carbonyl (C=O) groups excluding carboxylic acids is 2. The summed E-state index contributed by atoms with van der Waals surface area (Å²) in [7, 11) is 0. The Bertz CT molecular complexity index is 1090. The van der Waals surface area contributed by atoms with Crippen molar-refractivity contribution in [3.8, 4) is 0 Å². The summed E-state index contributed by atoms with van der Waals surface area (Å²) in [6, 6.07) is 19.6. The van der Waals surface area contributed by atoms with Crippen molar-refractivity contribution in [1.82, 2.24) is 0 Å². The summed E-state index contributed by atoms with van der Waals surface area (Å²) in [4.78, 5) is 38.0. The molecular weight excluding hydrogens is 356 g/mol. The zero-order valence-corrected chi connectivity index (χ0v) is 15.0. The summed E-state index contributed by atoms with van der Waals surface area (Å²) in [5.74, 6) is -1.95. The van der Waals surface area contributed by atoms with E-state index in [9.17, 15) is 14.4 Å². The summed E-state index contributed by atoms with van der Waals surface area (Å²) < 4.78 is 0. The number of carbonyl (C=O) groups is 3. The Morgan fingerprint density at radius 3 is 2.57 bits per heavy atom. The molecule has 0 saturated carbocycles. The van der Waals surface area contributed by atoms with Crippen LogP contribution in [0.25, 0.3) is 10.8 Å². The maximum atomic E-state index is 12.6. The minimum absolute atomic E-state index is 0.0951. The largest absolute Gasteiger partial charge is 0.478 e. The van der Waals surface area contributed by atoms with Crippen molar-refractivity contribution >= 4 is 39.9 Å². The lowest BCUT2D eigenvalue weighted by molar-refractivity contribution is -0.122. The molecule has 1 fully saturated rings. The Labute approximate surface area is 161 Å². The maximum Gasteiger partial charge on any atom is 0.335 e. The van der Waals surface area contributed by atoms with Crippen LogP contribution in [0.15, 0.2) is 66.7 Å². The van der Waals surface area contributed by atoms with E-state index in [2.05, 4.69) is 5.32 Å². The highest BCUT2D eigenvalue weighted by Gasteiger charge is 2.35. The highest BCUT2D eigenvalue weighted by atomic mass is 16.4. The van der Waals surface area contributed by atoms with E-state index in [0.29, 0.717) is 5.69 Å². The molecule has 1 atom stereocenters. The van der Waals surface area contributed by atoms with E-state index in [1.165, 1.54) is 12.1 Å². The van der Waals surface area contributed by atoms with Gasteiger partial charge in [-0.3, -0.25) is 9.59 Å². The van der Waals surface area contributed by atoms with Gasteiger partial charge in [0.05, 0.1) is 17.2 Å². The molecule has 0 aliphatic carbocycles. The molecule has 0 spiro atoms. The number of fused-ring (bicyclic) bond motifs is 1. The lowest BCUT2D eigenvalue weighted by atomic mass is 10.1. The number of benzene rings is 3. The topological polar surface area (TPSA) is 86.7 Å². The average Bonchev–Trinajstić information content (AvgIpc) is 3.09. The first-order valence-corrected chi connectivity index (χ1v) is 8.95. The summed E-state index contributed by atoms with van der Waals surface area (Å²) >= 11 is 0. The molecule has 1 aliphatic rings. The van der Waals surface area contributed by atoms with Crippen LogP contribution in [0.5, 0.6) is 0 Å². The highest BCUT2D eigenvalue weighted by molar-refractivity contribution is 6.08. The lowest BCUT2D eigenvalue weighted by Gasteiger charge is -2.19. The van der Waals surface area contributed by atoms with Crippen LogP contribution in [0.3, 0.4) is 0 Å². The molecule has 6 nitrogen and oxygen atoms in total. The first-order valence-electron chi connectivity index (χ1n) is 8.95. The van der Waals surface area contributed by atoms with Gasteiger partial charge >= 0.3 is 5.97 Å². The summed E-state index contributed by atoms with van der Waals surface area (Å²) in [6.45, 7) is 0.289. The third-order valence-corrected chi connectivity index (χ3v) is 4.93. The maximum absolute atomic E-state index is 12.6. The van der Waals surface area contributed by atoms with Gasteiger partial charge in [-0.1, -0.05) is 42.5 Å². The molecule has 28 heavy (non-hydrogen) atoms. The lowest BCUT2D eigenvalue weighted by Crippen LogP contribution is -2.28. The van der Waals surface area contributed by atoms with Gasteiger partial charge in [0, 0.05) is 24.0 Å². The van der Waals surface area contributed by atoms with Gasteiger partial charge in [-0.2, -0.15) is 0 Å². The number of nitrogens with one attached hydrogen (secondary N) is 1. The number of amides is 2. The van der Waals surface area contributed by atoms with Crippen LogP contribution in [-0.2, 0) is 9.59 Å². The van der Waals surface area contributed by atoms with E-state index in [0.717, 1.165) is 16.5 Å². The Morgan fingerprint density at radius 2 is 1.75 bits per heavy atom. The Morgan fingerprint density at radius 1 is 1.00 bits per heavy atom. The number of anilines is 2. The van der Waals surface area contributed by atoms with Gasteiger partial charge in [-0.25, -0.2) is 4.79 Å². The number of hydrogen-bond acceptors (Lipinski definition) is 3. The molecule has 0 aromatic heterocycles. The molecule has 2 N–H and O–H groups in total. The standard InChI is InChI=1S/C22H18N2O4/c25-20-12-16(21(26)23-17-8-3-7-15(11-17)22(27)28)13-24(20)19-10-4-6-14-5-1-2-9-18(14)19/h1-11,16H,12-13H2,(H,23,26)(H,27,28)/t16-/m0/s1. The molecule has 1 heterocycles. The van der Waals surface area contributed by atoms with Gasteiger partial charge in [-0.05, 0) is 29.7 Å². The third kappa shape index (κ3) is 3.32. The fourth-order valence-corrected chi connectivity index (χ4v) is 3.53. The van der Waals surface area contributed by atoms with Crippen molar-refractivity contribution in [3.63, 3.8) is 0 Å². The molecule has 4 rings (SSSR count). The quantitative estimate of drug-likeness (QED) is 0.731. The number of nitrogens with zero attached hydrogens (tertiary/aromatic N) is 1. The monoisotopic (exact) mass is 374 g/mol. The minimum Gasteiger partial charge on any atom is -0.478 e. The fraction of sp³-hybridized carbons (Fsp3) is 0.136. The molecule has 140 valence electrons. The molecule has 0 radical (unpaired) electrons. The first-order chi connectivity index (χ1) is 13.5. The normalized spacial score (nSPS) is 16.4. The summed E-state index contributed by atoms with van der Waals surface area (Å²) in [5.41, 5.74) is 1.30. The number of carboxylic acids is 1. The van der Waals surface area contributed by atoms with Crippen molar-refractivity contribution in [1.29, 1.82) is 0 Å². The second kappa shape index (κ2) is 7.15. The SMILES string of the molecule is O=C(O)c1cccc(NC(=O)[C@H]2CC(=O)N(c3cccc4ccccc34)C2)c1. The second-order valence-electron chi connectivity index (χ2n) is 6.78. The van der Waals surface area contributed by atoms with Crippen molar-refractivity contribution in [3.05, 3.63) is 72.3 Å². The van der Waals surface area contributed by atoms with E-state index >= 15 is 0 Å². The molecule has 6 heteroatoms. The van der Waals surface area contributed by atoms with Crippen LogP contribution >= 0.6 is 0 Å². The molecule has 1 aliphatic heterocycles. The Balaban J connectivity index is 1.54. The van der Waals surface area contributed by atoms with Crippen molar-refractivity contribution in [2.45, 2.75) is 6.42 Å². The molecule has 2 amide bonds. The predicted molar refractivity (Wildman–Crippen MR) is 106 cm³/mol. The third-order valence-electron chi connectivity index (χ3n) is 4.93. The van der Waals surface area contributed by atoms with Gasteiger partial charge in [0.15, 0.2) is 0 Å². The van der Waals surface area contributed by atoms with Crippen LogP contribution in [-0.4, -0.2) is 29.4 Å². The van der Waals surface area contributed by atoms with E-state index < -0.39 is 11.9 Å². The van der Waals surface area contributed by atoms with Gasteiger partial charge in [0.1, 0.15) is 0 Å². The molecular formula is C22H18N2O4. The van der Waals surface area contributed by atoms with Crippen LogP contribution in [0.1, 0.15) is 16.8 Å². The fourth-order valence-electron chi connectivity index (χ4n) is 3.53. The second-order valence-corrected chi connectivity index (χ2v) is 6.78. The zero-order valence-electron chi connectivity index (χ0n) is 15.0. The summed E-state index contributed by atoms with van der Waals surface area (Å²) in [6.07, 6.45) is 0.119. The average molecular weight is 374 g/mol. The van der Waals surface area contributed by atoms with Crippen LogP contribution < -0.4 is 10.2 Å². The highest BCUT2D eigenvalue weighted by Crippen LogP contribution is 2.32. The van der Waals surface area contributed by atoms with Crippen molar-refractivity contribution < 1.29 is 19.5 Å². The van der Waals surface area contributed by atoms with Crippen LogP contribution in [0.4, 0.5) is 11.4 Å². The summed E-state index contributed by atoms with van der Waals surface area (Å²) in [5, 5.41) is 13.8. The molecule has 0 bridgehead atoms. The minimum atomic E-state index is -1.06. The van der Waals surface area contributed by atoms with E-state index in [4.69, 9.17) is 5.11 Å². The predicted octanol–water partition coefficient (Wildman–Crippen LogP) is 3.53. The Kier molecular flexibility index (Phi) is 4.53. The van der Waals surface area contributed by atoms with E-state index in [1.54, 1.807) is 17.0 Å². The zero-order chi connectivity index (χ0) is 19.7. The number of rotatable bonds is 4. The van der Waals surface area contributed by atoms with E-state index in [1.807, 2.05) is 42.5 Å². The number of carboxylic acid groups (broad SMARTS) is 1.